The Bertz CT molecular complexity index is 1340. The first-order valence-electron chi connectivity index (χ1n) is 13.4. The largest absolute Gasteiger partial charge is 0.497 e. The number of rotatable bonds is 9. The molecule has 0 saturated heterocycles. The molecule has 4 aliphatic rings. The predicted octanol–water partition coefficient (Wildman–Crippen LogP) is 5.24. The Morgan fingerprint density at radius 3 is 2.44 bits per heavy atom. The van der Waals surface area contributed by atoms with Crippen molar-refractivity contribution in [3.63, 3.8) is 0 Å². The lowest BCUT2D eigenvalue weighted by molar-refractivity contribution is -0.384. The minimum Gasteiger partial charge on any atom is -0.497 e. The molecule has 2 N–H and O–H groups in total. The van der Waals surface area contributed by atoms with E-state index < -0.39 is 4.92 Å². The second-order valence-electron chi connectivity index (χ2n) is 11.2. The molecule has 3 aromatic rings. The van der Waals surface area contributed by atoms with Gasteiger partial charge in [-0.1, -0.05) is 23.9 Å². The number of benzene rings is 2. The fourth-order valence-electron chi connectivity index (χ4n) is 7.11. The fourth-order valence-corrected chi connectivity index (χ4v) is 8.02. The van der Waals surface area contributed by atoms with E-state index in [4.69, 9.17) is 4.74 Å². The molecule has 4 saturated carbocycles. The quantitative estimate of drug-likeness (QED) is 0.213. The molecule has 4 bridgehead atoms. The third-order valence-corrected chi connectivity index (χ3v) is 9.35. The maximum atomic E-state index is 13.1. The number of ether oxygens (including phenoxy) is 1. The SMILES string of the molecule is COc1cccc(CSc2nnc(CNC(=O)NC34CC5CC(CC(C5)C3)C4)n2-c2ccc([N+](=O)[O-])cc2)c1. The van der Waals surface area contributed by atoms with Crippen LogP contribution in [-0.2, 0) is 12.3 Å². The predicted molar refractivity (Wildman–Crippen MR) is 147 cm³/mol. The zero-order valence-electron chi connectivity index (χ0n) is 21.8. The van der Waals surface area contributed by atoms with E-state index in [-0.39, 0.29) is 23.8 Å². The number of carbonyl (C=O) groups is 1. The molecule has 0 radical (unpaired) electrons. The monoisotopic (exact) mass is 548 g/mol. The van der Waals surface area contributed by atoms with E-state index in [9.17, 15) is 14.9 Å². The number of nitrogens with one attached hydrogen (secondary N) is 2. The normalized spacial score (nSPS) is 24.9. The van der Waals surface area contributed by atoms with Crippen LogP contribution in [0.2, 0.25) is 0 Å². The van der Waals surface area contributed by atoms with E-state index in [1.165, 1.54) is 43.2 Å². The number of urea groups is 1. The fraction of sp³-hybridized carbons (Fsp3) is 0.464. The molecule has 10 nitrogen and oxygen atoms in total. The van der Waals surface area contributed by atoms with Crippen LogP contribution in [0.15, 0.2) is 53.7 Å². The number of aromatic nitrogens is 3. The molecule has 204 valence electrons. The van der Waals surface area contributed by atoms with Crippen molar-refractivity contribution in [2.45, 2.75) is 61.5 Å². The highest BCUT2D eigenvalue weighted by atomic mass is 32.2. The van der Waals surface area contributed by atoms with Gasteiger partial charge >= 0.3 is 6.03 Å². The van der Waals surface area contributed by atoms with E-state index in [1.54, 1.807) is 19.2 Å². The van der Waals surface area contributed by atoms with E-state index in [1.807, 2.05) is 28.8 Å². The highest BCUT2D eigenvalue weighted by Crippen LogP contribution is 2.55. The van der Waals surface area contributed by atoms with Gasteiger partial charge in [0.15, 0.2) is 11.0 Å². The Labute approximate surface area is 231 Å². The van der Waals surface area contributed by atoms with Crippen LogP contribution >= 0.6 is 11.8 Å². The lowest BCUT2D eigenvalue weighted by atomic mass is 9.53. The van der Waals surface area contributed by atoms with E-state index in [0.717, 1.165) is 48.3 Å². The highest BCUT2D eigenvalue weighted by molar-refractivity contribution is 7.98. The third-order valence-electron chi connectivity index (χ3n) is 8.35. The Kier molecular flexibility index (Phi) is 6.92. The van der Waals surface area contributed by atoms with E-state index >= 15 is 0 Å². The summed E-state index contributed by atoms with van der Waals surface area (Å²) in [4.78, 5) is 23.8. The molecule has 7 rings (SSSR count). The van der Waals surface area contributed by atoms with Gasteiger partial charge in [-0.2, -0.15) is 0 Å². The zero-order valence-corrected chi connectivity index (χ0v) is 22.7. The van der Waals surface area contributed by atoms with Crippen molar-refractivity contribution in [1.82, 2.24) is 25.4 Å². The molecular formula is C28H32N6O4S. The van der Waals surface area contributed by atoms with Crippen LogP contribution in [0.25, 0.3) is 5.69 Å². The first-order chi connectivity index (χ1) is 18.9. The van der Waals surface area contributed by atoms with Gasteiger partial charge in [-0.05, 0) is 86.1 Å². The lowest BCUT2D eigenvalue weighted by Gasteiger charge is -2.56. The van der Waals surface area contributed by atoms with Crippen LogP contribution in [0.5, 0.6) is 5.75 Å². The number of hydrogen-bond acceptors (Lipinski definition) is 7. The van der Waals surface area contributed by atoms with Gasteiger partial charge in [-0.3, -0.25) is 14.7 Å². The van der Waals surface area contributed by atoms with Crippen molar-refractivity contribution in [1.29, 1.82) is 0 Å². The second kappa shape index (κ2) is 10.5. The lowest BCUT2D eigenvalue weighted by Crippen LogP contribution is -2.61. The summed E-state index contributed by atoms with van der Waals surface area (Å²) in [6.45, 7) is 0.182. The number of nitro groups is 1. The molecule has 0 spiro atoms. The van der Waals surface area contributed by atoms with Crippen molar-refractivity contribution >= 4 is 23.5 Å². The van der Waals surface area contributed by atoms with Crippen molar-refractivity contribution < 1.29 is 14.5 Å². The van der Waals surface area contributed by atoms with Crippen LogP contribution < -0.4 is 15.4 Å². The standard InChI is InChI=1S/C28H32N6O4S/c1-38-24-4-2-3-18(12-24)17-39-27-32-31-25(33(27)22-5-7-23(8-6-22)34(36)37)16-29-26(35)30-28-13-19-9-20(14-28)11-21(10-19)15-28/h2-8,12,19-21H,9-11,13-17H2,1H3,(H2,29,30,35). The number of nitrogens with zero attached hydrogens (tertiary/aromatic N) is 4. The van der Waals surface area contributed by atoms with Crippen LogP contribution in [0.4, 0.5) is 10.5 Å². The van der Waals surface area contributed by atoms with Gasteiger partial charge in [-0.25, -0.2) is 4.79 Å². The minimum absolute atomic E-state index is 0.00651. The smallest absolute Gasteiger partial charge is 0.315 e. The molecule has 11 heteroatoms. The maximum Gasteiger partial charge on any atom is 0.315 e. The molecule has 2 amide bonds. The molecule has 2 aromatic carbocycles. The summed E-state index contributed by atoms with van der Waals surface area (Å²) >= 11 is 1.50. The highest BCUT2D eigenvalue weighted by Gasteiger charge is 2.51. The number of methoxy groups -OCH3 is 1. The van der Waals surface area contributed by atoms with Crippen LogP contribution in [0.3, 0.4) is 0 Å². The van der Waals surface area contributed by atoms with Gasteiger partial charge in [0.1, 0.15) is 5.75 Å². The van der Waals surface area contributed by atoms with Gasteiger partial charge in [-0.15, -0.1) is 10.2 Å². The summed E-state index contributed by atoms with van der Waals surface area (Å²) in [7, 11) is 1.64. The topological polar surface area (TPSA) is 124 Å². The molecule has 39 heavy (non-hydrogen) atoms. The molecular weight excluding hydrogens is 516 g/mol. The second-order valence-corrected chi connectivity index (χ2v) is 12.1. The molecule has 1 heterocycles. The zero-order chi connectivity index (χ0) is 27.0. The summed E-state index contributed by atoms with van der Waals surface area (Å²) < 4.78 is 7.18. The number of carbonyl (C=O) groups excluding carboxylic acids is 1. The van der Waals surface area contributed by atoms with Gasteiger partial charge < -0.3 is 15.4 Å². The summed E-state index contributed by atoms with van der Waals surface area (Å²) in [5, 5.41) is 27.0. The average Bonchev–Trinajstić information content (AvgIpc) is 3.32. The average molecular weight is 549 g/mol. The molecule has 4 aliphatic carbocycles. The molecule has 0 aliphatic heterocycles. The van der Waals surface area contributed by atoms with Gasteiger partial charge in [0.2, 0.25) is 0 Å². The third kappa shape index (κ3) is 5.45. The van der Waals surface area contributed by atoms with Crippen LogP contribution in [0.1, 0.15) is 49.9 Å². The number of nitro benzene ring substituents is 1. The van der Waals surface area contributed by atoms with Crippen LogP contribution in [0, 0.1) is 27.9 Å². The Morgan fingerprint density at radius 2 is 1.79 bits per heavy atom. The van der Waals surface area contributed by atoms with Crippen molar-refractivity contribution in [3.05, 3.63) is 70.0 Å². The minimum atomic E-state index is -0.425. The Hall–Kier alpha value is -3.60. The molecule has 0 atom stereocenters. The molecule has 1 aromatic heterocycles. The maximum absolute atomic E-state index is 13.1. The van der Waals surface area contributed by atoms with Crippen molar-refractivity contribution in [3.8, 4) is 11.4 Å². The first kappa shape index (κ1) is 25.7. The van der Waals surface area contributed by atoms with Gasteiger partial charge in [0.25, 0.3) is 5.69 Å². The number of hydrogen-bond donors (Lipinski definition) is 2. The summed E-state index contributed by atoms with van der Waals surface area (Å²) in [6.07, 6.45) is 7.19. The van der Waals surface area contributed by atoms with Crippen molar-refractivity contribution in [2.75, 3.05) is 7.11 Å². The number of thioether (sulfide) groups is 1. The number of amides is 2. The van der Waals surface area contributed by atoms with Crippen LogP contribution in [-0.4, -0.2) is 38.4 Å². The van der Waals surface area contributed by atoms with E-state index in [0.29, 0.717) is 22.4 Å². The summed E-state index contributed by atoms with van der Waals surface area (Å²) in [5.41, 5.74) is 1.68. The first-order valence-corrected chi connectivity index (χ1v) is 14.4. The Balaban J connectivity index is 1.18. The molecule has 4 fully saturated rings. The van der Waals surface area contributed by atoms with Crippen molar-refractivity contribution in [2.24, 2.45) is 17.8 Å². The summed E-state index contributed by atoms with van der Waals surface area (Å²) in [5.74, 6) is 4.18. The number of non-ortho nitro benzene ring substituents is 1. The summed E-state index contributed by atoms with van der Waals surface area (Å²) in [6, 6.07) is 13.9. The van der Waals surface area contributed by atoms with Gasteiger partial charge in [0.05, 0.1) is 18.6 Å². The molecule has 0 unspecified atom stereocenters. The Morgan fingerprint density at radius 1 is 1.10 bits per heavy atom. The van der Waals surface area contributed by atoms with Gasteiger partial charge in [0, 0.05) is 29.1 Å². The van der Waals surface area contributed by atoms with E-state index in [2.05, 4.69) is 20.8 Å².